The van der Waals surface area contributed by atoms with Crippen molar-refractivity contribution >= 4 is 6.21 Å². The van der Waals surface area contributed by atoms with E-state index in [0.717, 1.165) is 4.74 Å². The molecule has 0 amide bonds. The van der Waals surface area contributed by atoms with Crippen molar-refractivity contribution in [2.75, 3.05) is 0 Å². The molecule has 58 valence electrons. The molecule has 2 heteroatoms. The summed E-state index contributed by atoms with van der Waals surface area (Å²) in [6, 6.07) is -0.109. The summed E-state index contributed by atoms with van der Waals surface area (Å²) in [4.78, 5) is 0. The fourth-order valence-corrected chi connectivity index (χ4v) is 0.533. The largest absolute Gasteiger partial charge is 0.624 e. The van der Waals surface area contributed by atoms with E-state index >= 15 is 0 Å². The van der Waals surface area contributed by atoms with Crippen molar-refractivity contribution in [2.24, 2.45) is 5.92 Å². The first kappa shape index (κ1) is 9.21. The van der Waals surface area contributed by atoms with Gasteiger partial charge in [-0.3, -0.25) is 0 Å². The van der Waals surface area contributed by atoms with Crippen molar-refractivity contribution in [2.45, 2.75) is 26.8 Å². The number of hydrogen-bond donors (Lipinski definition) is 0. The minimum absolute atomic E-state index is 0.109. The highest BCUT2D eigenvalue weighted by atomic mass is 16.5. The third-order valence-electron chi connectivity index (χ3n) is 1.19. The average molecular weight is 141 g/mol. The Hall–Kier alpha value is -0.790. The van der Waals surface area contributed by atoms with Crippen LogP contribution >= 0.6 is 0 Å². The van der Waals surface area contributed by atoms with E-state index in [-0.39, 0.29) is 6.04 Å². The van der Waals surface area contributed by atoms with Crippen LogP contribution in [0, 0.1) is 11.1 Å². The SMILES string of the molecule is C=CC(C)/[N+]([O-])=C/C(C)C. The smallest absolute Gasteiger partial charge is 0.178 e. The second-order valence-electron chi connectivity index (χ2n) is 2.73. The van der Waals surface area contributed by atoms with Crippen LogP contribution < -0.4 is 0 Å². The molecule has 0 aliphatic rings. The maximum absolute atomic E-state index is 11.0. The monoisotopic (exact) mass is 141 g/mol. The van der Waals surface area contributed by atoms with E-state index in [1.807, 2.05) is 20.8 Å². The van der Waals surface area contributed by atoms with Gasteiger partial charge in [0, 0.05) is 12.8 Å². The van der Waals surface area contributed by atoms with Crippen LogP contribution in [-0.2, 0) is 0 Å². The van der Waals surface area contributed by atoms with Crippen LogP contribution in [0.3, 0.4) is 0 Å². The summed E-state index contributed by atoms with van der Waals surface area (Å²) >= 11 is 0. The van der Waals surface area contributed by atoms with Crippen LogP contribution in [-0.4, -0.2) is 17.0 Å². The zero-order chi connectivity index (χ0) is 8.15. The van der Waals surface area contributed by atoms with E-state index < -0.39 is 0 Å². The quantitative estimate of drug-likeness (QED) is 0.193. The molecule has 0 rings (SSSR count). The summed E-state index contributed by atoms with van der Waals surface area (Å²) in [6.45, 7) is 9.29. The Morgan fingerprint density at radius 3 is 2.20 bits per heavy atom. The molecule has 10 heavy (non-hydrogen) atoms. The molecule has 0 aromatic carbocycles. The van der Waals surface area contributed by atoms with Gasteiger partial charge in [-0.25, -0.2) is 4.74 Å². The summed E-state index contributed by atoms with van der Waals surface area (Å²) in [5.41, 5.74) is 0. The fourth-order valence-electron chi connectivity index (χ4n) is 0.533. The van der Waals surface area contributed by atoms with E-state index in [2.05, 4.69) is 6.58 Å². The second-order valence-corrected chi connectivity index (χ2v) is 2.73. The van der Waals surface area contributed by atoms with E-state index in [1.54, 1.807) is 12.3 Å². The van der Waals surface area contributed by atoms with E-state index in [1.165, 1.54) is 0 Å². The molecule has 0 spiro atoms. The van der Waals surface area contributed by atoms with Gasteiger partial charge in [-0.2, -0.15) is 0 Å². The molecule has 0 fully saturated rings. The molecule has 0 saturated carbocycles. The second kappa shape index (κ2) is 4.09. The van der Waals surface area contributed by atoms with Gasteiger partial charge in [0.25, 0.3) is 0 Å². The van der Waals surface area contributed by atoms with Crippen molar-refractivity contribution in [3.05, 3.63) is 17.9 Å². The molecule has 0 aromatic rings. The molecule has 0 aliphatic carbocycles. The van der Waals surface area contributed by atoms with Gasteiger partial charge in [0.2, 0.25) is 0 Å². The Morgan fingerprint density at radius 1 is 1.40 bits per heavy atom. The Bertz CT molecular complexity index is 138. The lowest BCUT2D eigenvalue weighted by molar-refractivity contribution is -0.480. The maximum atomic E-state index is 11.0. The number of hydroxylamine groups is 1. The predicted octanol–water partition coefficient (Wildman–Crippen LogP) is 1.80. The number of nitrogens with zero attached hydrogens (tertiary/aromatic N) is 1. The number of rotatable bonds is 3. The summed E-state index contributed by atoms with van der Waals surface area (Å²) in [5, 5.41) is 11.0. The first-order valence-electron chi connectivity index (χ1n) is 3.51. The summed E-state index contributed by atoms with van der Waals surface area (Å²) < 4.78 is 0.928. The third kappa shape index (κ3) is 3.28. The molecular formula is C8H15NO. The van der Waals surface area contributed by atoms with Crippen molar-refractivity contribution in [3.63, 3.8) is 0 Å². The summed E-state index contributed by atoms with van der Waals surface area (Å²) in [6.07, 6.45) is 3.28. The zero-order valence-electron chi connectivity index (χ0n) is 6.87. The lowest BCUT2D eigenvalue weighted by Crippen LogP contribution is -2.17. The standard InChI is InChI=1S/C8H15NO/c1-5-8(4)9(10)6-7(2)3/h5-8H,1H2,2-4H3/b9-6-. The lowest BCUT2D eigenvalue weighted by Gasteiger charge is -2.08. The summed E-state index contributed by atoms with van der Waals surface area (Å²) in [5.74, 6) is 0.305. The normalized spacial score (nSPS) is 15.4. The first-order valence-corrected chi connectivity index (χ1v) is 3.51. The minimum atomic E-state index is -0.109. The topological polar surface area (TPSA) is 26.1 Å². The van der Waals surface area contributed by atoms with Gasteiger partial charge in [-0.1, -0.05) is 20.4 Å². The molecule has 0 bridgehead atoms. The molecule has 0 aromatic heterocycles. The molecular weight excluding hydrogens is 126 g/mol. The molecule has 0 radical (unpaired) electrons. The highest BCUT2D eigenvalue weighted by Gasteiger charge is 2.02. The number of hydrogen-bond acceptors (Lipinski definition) is 1. The van der Waals surface area contributed by atoms with Gasteiger partial charge < -0.3 is 5.21 Å². The van der Waals surface area contributed by atoms with Gasteiger partial charge >= 0.3 is 0 Å². The van der Waals surface area contributed by atoms with Gasteiger partial charge in [-0.15, -0.1) is 0 Å². The van der Waals surface area contributed by atoms with E-state index in [0.29, 0.717) is 5.92 Å². The molecule has 1 atom stereocenters. The highest BCUT2D eigenvalue weighted by molar-refractivity contribution is 5.53. The maximum Gasteiger partial charge on any atom is 0.178 e. The molecule has 2 nitrogen and oxygen atoms in total. The van der Waals surface area contributed by atoms with Gasteiger partial charge in [-0.05, 0) is 6.08 Å². The Kier molecular flexibility index (Phi) is 3.77. The predicted molar refractivity (Wildman–Crippen MR) is 44.2 cm³/mol. The van der Waals surface area contributed by atoms with Crippen LogP contribution in [0.25, 0.3) is 0 Å². The van der Waals surface area contributed by atoms with Crippen molar-refractivity contribution in [3.8, 4) is 0 Å². The fraction of sp³-hybridized carbons (Fsp3) is 0.625. The van der Waals surface area contributed by atoms with Crippen molar-refractivity contribution in [1.82, 2.24) is 0 Å². The van der Waals surface area contributed by atoms with Crippen LogP contribution in [0.15, 0.2) is 12.7 Å². The average Bonchev–Trinajstić information content (AvgIpc) is 1.85. The van der Waals surface area contributed by atoms with Crippen LogP contribution in [0.4, 0.5) is 0 Å². The molecule has 1 unspecified atom stereocenters. The Morgan fingerprint density at radius 2 is 1.90 bits per heavy atom. The van der Waals surface area contributed by atoms with Crippen LogP contribution in [0.2, 0.25) is 0 Å². The molecule has 0 heterocycles. The molecule has 0 saturated heterocycles. The van der Waals surface area contributed by atoms with E-state index in [4.69, 9.17) is 0 Å². The first-order chi connectivity index (χ1) is 4.57. The zero-order valence-corrected chi connectivity index (χ0v) is 6.87. The Labute approximate surface area is 62.5 Å². The molecule has 0 aliphatic heterocycles. The van der Waals surface area contributed by atoms with Crippen LogP contribution in [0.1, 0.15) is 20.8 Å². The lowest BCUT2D eigenvalue weighted by atomic mass is 10.2. The third-order valence-corrected chi connectivity index (χ3v) is 1.19. The van der Waals surface area contributed by atoms with Gasteiger partial charge in [0.05, 0.1) is 0 Å². The summed E-state index contributed by atoms with van der Waals surface area (Å²) in [7, 11) is 0. The molecule has 0 N–H and O–H groups in total. The van der Waals surface area contributed by atoms with Gasteiger partial charge in [0.15, 0.2) is 12.3 Å². The van der Waals surface area contributed by atoms with Gasteiger partial charge in [0.1, 0.15) is 0 Å². The van der Waals surface area contributed by atoms with Crippen molar-refractivity contribution < 1.29 is 4.74 Å². The Balaban J connectivity index is 4.04. The van der Waals surface area contributed by atoms with Crippen LogP contribution in [0.5, 0.6) is 0 Å². The van der Waals surface area contributed by atoms with E-state index in [9.17, 15) is 5.21 Å². The minimum Gasteiger partial charge on any atom is -0.624 e. The highest BCUT2D eigenvalue weighted by Crippen LogP contribution is 1.91. The van der Waals surface area contributed by atoms with Crippen molar-refractivity contribution in [1.29, 1.82) is 0 Å².